The van der Waals surface area contributed by atoms with Crippen molar-refractivity contribution in [1.29, 1.82) is 0 Å². The van der Waals surface area contributed by atoms with Crippen LogP contribution in [0.4, 0.5) is 0 Å². The summed E-state index contributed by atoms with van der Waals surface area (Å²) in [5.41, 5.74) is 1.61. The highest BCUT2D eigenvalue weighted by Crippen LogP contribution is 2.20. The lowest BCUT2D eigenvalue weighted by Gasteiger charge is -2.05. The topological polar surface area (TPSA) is 123 Å². The predicted octanol–water partition coefficient (Wildman–Crippen LogP) is 2.48. The van der Waals surface area contributed by atoms with Gasteiger partial charge in [0.05, 0.1) is 19.4 Å². The molecule has 0 amide bonds. The third-order valence-corrected chi connectivity index (χ3v) is 4.94. The van der Waals surface area contributed by atoms with Gasteiger partial charge in [-0.2, -0.15) is 9.67 Å². The zero-order chi connectivity index (χ0) is 22.8. The van der Waals surface area contributed by atoms with Gasteiger partial charge in [0.2, 0.25) is 11.7 Å². The van der Waals surface area contributed by atoms with Crippen LogP contribution in [0.5, 0.6) is 11.5 Å². The van der Waals surface area contributed by atoms with Crippen LogP contribution in [0.1, 0.15) is 12.8 Å². The Kier molecular flexibility index (Phi) is 5.27. The molecule has 11 heteroatoms. The molecule has 3 aromatic heterocycles. The van der Waals surface area contributed by atoms with Gasteiger partial charge in [-0.25, -0.2) is 4.98 Å². The van der Waals surface area contributed by atoms with E-state index in [1.165, 1.54) is 15.6 Å². The second-order valence-electron chi connectivity index (χ2n) is 7.02. The number of benzene rings is 2. The second kappa shape index (κ2) is 8.54. The summed E-state index contributed by atoms with van der Waals surface area (Å²) in [7, 11) is 1.60. The number of hydrogen-bond donors (Lipinski definition) is 0. The Hall–Kier alpha value is -4.54. The minimum absolute atomic E-state index is 0.0564. The molecule has 0 aliphatic rings. The van der Waals surface area contributed by atoms with Gasteiger partial charge in [-0.05, 0) is 55.5 Å². The lowest BCUT2D eigenvalue weighted by Crippen LogP contribution is -2.21. The van der Waals surface area contributed by atoms with E-state index in [2.05, 4.69) is 25.4 Å². The van der Waals surface area contributed by atoms with Crippen molar-refractivity contribution in [1.82, 2.24) is 34.7 Å². The summed E-state index contributed by atoms with van der Waals surface area (Å²) in [5, 5.41) is 12.1. The third-order valence-electron chi connectivity index (χ3n) is 4.94. The zero-order valence-corrected chi connectivity index (χ0v) is 17.9. The molecule has 0 bridgehead atoms. The van der Waals surface area contributed by atoms with Crippen LogP contribution >= 0.6 is 0 Å². The van der Waals surface area contributed by atoms with Gasteiger partial charge in [0.25, 0.3) is 5.56 Å². The Morgan fingerprint density at radius 2 is 1.79 bits per heavy atom. The highest BCUT2D eigenvalue weighted by Gasteiger charge is 2.16. The fourth-order valence-electron chi connectivity index (χ4n) is 3.30. The van der Waals surface area contributed by atoms with Gasteiger partial charge in [0.15, 0.2) is 11.2 Å². The summed E-state index contributed by atoms with van der Waals surface area (Å²) in [6, 6.07) is 14.6. The zero-order valence-electron chi connectivity index (χ0n) is 17.9. The number of fused-ring (bicyclic) bond motifs is 1. The van der Waals surface area contributed by atoms with Crippen LogP contribution in [0, 0.1) is 0 Å². The van der Waals surface area contributed by atoms with Crippen molar-refractivity contribution in [2.45, 2.75) is 13.5 Å². The smallest absolute Gasteiger partial charge is 0.284 e. The van der Waals surface area contributed by atoms with E-state index in [1.807, 2.05) is 43.3 Å². The highest BCUT2D eigenvalue weighted by molar-refractivity contribution is 5.70. The van der Waals surface area contributed by atoms with Gasteiger partial charge in [-0.3, -0.25) is 9.36 Å². The van der Waals surface area contributed by atoms with Crippen LogP contribution in [0.25, 0.3) is 28.2 Å². The summed E-state index contributed by atoms with van der Waals surface area (Å²) in [5.74, 6) is 2.15. The Balaban J connectivity index is 1.40. The Bertz CT molecular complexity index is 1450. The molecule has 0 saturated heterocycles. The molecular formula is C22H19N7O4. The van der Waals surface area contributed by atoms with E-state index in [0.717, 1.165) is 17.1 Å². The number of aromatic nitrogens is 7. The van der Waals surface area contributed by atoms with E-state index in [4.69, 9.17) is 14.0 Å². The average molecular weight is 445 g/mol. The van der Waals surface area contributed by atoms with Crippen molar-refractivity contribution in [3.05, 3.63) is 71.1 Å². The molecule has 0 spiro atoms. The molecule has 0 saturated carbocycles. The number of hydrogen-bond acceptors (Lipinski definition) is 9. The van der Waals surface area contributed by atoms with Crippen LogP contribution in [0.2, 0.25) is 0 Å². The van der Waals surface area contributed by atoms with Crippen molar-refractivity contribution in [3.63, 3.8) is 0 Å². The highest BCUT2D eigenvalue weighted by atomic mass is 16.5. The summed E-state index contributed by atoms with van der Waals surface area (Å²) in [4.78, 5) is 21.7. The fourth-order valence-corrected chi connectivity index (χ4v) is 3.30. The minimum atomic E-state index is -0.360. The molecule has 166 valence electrons. The Morgan fingerprint density at radius 3 is 2.52 bits per heavy atom. The largest absolute Gasteiger partial charge is 0.497 e. The van der Waals surface area contributed by atoms with Crippen molar-refractivity contribution in [2.75, 3.05) is 13.7 Å². The third kappa shape index (κ3) is 3.91. The molecule has 11 nitrogen and oxygen atoms in total. The van der Waals surface area contributed by atoms with Gasteiger partial charge in [0.1, 0.15) is 24.4 Å². The maximum Gasteiger partial charge on any atom is 0.284 e. The molecule has 0 N–H and O–H groups in total. The van der Waals surface area contributed by atoms with Crippen molar-refractivity contribution < 1.29 is 14.0 Å². The van der Waals surface area contributed by atoms with Gasteiger partial charge >= 0.3 is 0 Å². The van der Waals surface area contributed by atoms with Crippen LogP contribution in [0.15, 0.2) is 64.2 Å². The van der Waals surface area contributed by atoms with E-state index in [9.17, 15) is 4.79 Å². The number of nitrogens with zero attached hydrogens (tertiary/aromatic N) is 7. The van der Waals surface area contributed by atoms with E-state index in [-0.39, 0.29) is 23.5 Å². The molecule has 0 atom stereocenters. The molecule has 0 aliphatic carbocycles. The Morgan fingerprint density at radius 1 is 1.03 bits per heavy atom. The van der Waals surface area contributed by atoms with Gasteiger partial charge in [0, 0.05) is 5.56 Å². The van der Waals surface area contributed by atoms with Gasteiger partial charge in [-0.1, -0.05) is 10.4 Å². The predicted molar refractivity (Wildman–Crippen MR) is 117 cm³/mol. The molecule has 33 heavy (non-hydrogen) atoms. The summed E-state index contributed by atoms with van der Waals surface area (Å²) < 4.78 is 18.8. The molecule has 0 fully saturated rings. The van der Waals surface area contributed by atoms with Crippen LogP contribution < -0.4 is 15.0 Å². The number of methoxy groups -OCH3 is 1. The molecule has 0 radical (unpaired) electrons. The van der Waals surface area contributed by atoms with Crippen LogP contribution in [-0.4, -0.2) is 48.4 Å². The normalized spacial score (nSPS) is 11.1. The SMILES string of the molecule is CCOc1ccc(-n2nnc3c(=O)n(Cc4nc(-c5ccc(OC)cc5)no4)cnc32)cc1. The summed E-state index contributed by atoms with van der Waals surface area (Å²) in [6.07, 6.45) is 1.41. The number of rotatable bonds is 7. The Labute approximate surface area is 187 Å². The quantitative estimate of drug-likeness (QED) is 0.372. The van der Waals surface area contributed by atoms with Gasteiger partial charge < -0.3 is 14.0 Å². The van der Waals surface area contributed by atoms with E-state index < -0.39 is 0 Å². The van der Waals surface area contributed by atoms with Crippen molar-refractivity contribution >= 4 is 11.2 Å². The van der Waals surface area contributed by atoms with Crippen molar-refractivity contribution in [3.8, 4) is 28.6 Å². The summed E-state index contributed by atoms with van der Waals surface area (Å²) >= 11 is 0. The van der Waals surface area contributed by atoms with E-state index in [0.29, 0.717) is 23.8 Å². The fraction of sp³-hybridized carbons (Fsp3) is 0.182. The first-order valence-electron chi connectivity index (χ1n) is 10.2. The molecule has 2 aromatic carbocycles. The second-order valence-corrected chi connectivity index (χ2v) is 7.02. The van der Waals surface area contributed by atoms with Crippen molar-refractivity contribution in [2.24, 2.45) is 0 Å². The maximum atomic E-state index is 12.9. The standard InChI is InChI=1S/C22H19N7O4/c1-3-32-17-10-6-15(7-11-17)29-21-19(25-27-29)22(30)28(13-23-21)12-18-24-20(26-33-18)14-4-8-16(31-2)9-5-14/h4-11,13H,3,12H2,1-2H3. The average Bonchev–Trinajstić information content (AvgIpc) is 3.49. The molecule has 3 heterocycles. The van der Waals surface area contributed by atoms with E-state index in [1.54, 1.807) is 19.2 Å². The van der Waals surface area contributed by atoms with Crippen LogP contribution in [0.3, 0.4) is 0 Å². The first-order valence-corrected chi connectivity index (χ1v) is 10.2. The number of ether oxygens (including phenoxy) is 2. The molecule has 0 unspecified atom stereocenters. The van der Waals surface area contributed by atoms with Crippen LogP contribution in [-0.2, 0) is 6.54 Å². The molecular weight excluding hydrogens is 426 g/mol. The molecule has 0 aliphatic heterocycles. The molecule has 5 aromatic rings. The lowest BCUT2D eigenvalue weighted by molar-refractivity contribution is 0.340. The molecule has 5 rings (SSSR count). The van der Waals surface area contributed by atoms with Gasteiger partial charge in [-0.15, -0.1) is 5.10 Å². The monoisotopic (exact) mass is 445 g/mol. The first-order chi connectivity index (χ1) is 16.2. The lowest BCUT2D eigenvalue weighted by atomic mass is 10.2. The maximum absolute atomic E-state index is 12.9. The first kappa shape index (κ1) is 20.4. The minimum Gasteiger partial charge on any atom is -0.497 e. The van der Waals surface area contributed by atoms with E-state index >= 15 is 0 Å². The summed E-state index contributed by atoms with van der Waals surface area (Å²) in [6.45, 7) is 2.55.